The number of carbonyl (C=O) groups excluding carboxylic acids is 4. The van der Waals surface area contributed by atoms with Crippen molar-refractivity contribution in [2.75, 3.05) is 14.2 Å². The Morgan fingerprint density at radius 3 is 2.02 bits per heavy atom. The molecule has 66 heavy (non-hydrogen) atoms. The number of piperidine rings is 2. The molecular weight excluding hydrogens is 833 g/mol. The Bertz CT molecular complexity index is 2740. The summed E-state index contributed by atoms with van der Waals surface area (Å²) in [5.41, 5.74) is 11.6. The van der Waals surface area contributed by atoms with Gasteiger partial charge in [-0.25, -0.2) is 19.6 Å². The van der Waals surface area contributed by atoms with Crippen LogP contribution in [-0.2, 0) is 25.5 Å². The molecule has 2 bridgehead atoms. The molecule has 0 radical (unpaired) electrons. The topological polar surface area (TPSA) is 175 Å². The maximum Gasteiger partial charge on any atom is 0.407 e. The largest absolute Gasteiger partial charge is 0.453 e. The van der Waals surface area contributed by atoms with Crippen molar-refractivity contribution in [2.45, 2.75) is 121 Å². The van der Waals surface area contributed by atoms with Crippen molar-refractivity contribution in [1.82, 2.24) is 40.4 Å². The smallest absolute Gasteiger partial charge is 0.407 e. The van der Waals surface area contributed by atoms with E-state index in [1.807, 2.05) is 43.7 Å². The number of nitrogens with one attached hydrogen (secondary N) is 4. The van der Waals surface area contributed by atoms with Crippen LogP contribution >= 0.6 is 0 Å². The first-order valence-corrected chi connectivity index (χ1v) is 24.1. The maximum absolute atomic E-state index is 14.1. The lowest BCUT2D eigenvalue weighted by atomic mass is 9.64. The Balaban J connectivity index is 0.844. The van der Waals surface area contributed by atoms with Gasteiger partial charge in [0.1, 0.15) is 23.7 Å². The molecule has 3 unspecified atom stereocenters. The highest BCUT2D eigenvalue weighted by molar-refractivity contribution is 5.89. The predicted octanol–water partition coefficient (Wildman–Crippen LogP) is 8.81. The average molecular weight is 893 g/mol. The predicted molar refractivity (Wildman–Crippen MR) is 249 cm³/mol. The molecule has 14 nitrogen and oxygen atoms in total. The third-order valence-corrected chi connectivity index (χ3v) is 16.3. The van der Waals surface area contributed by atoms with Crippen LogP contribution in [0.2, 0.25) is 0 Å². The minimum absolute atomic E-state index is 0.0804. The van der Waals surface area contributed by atoms with E-state index < -0.39 is 24.3 Å². The lowest BCUT2D eigenvalue weighted by Gasteiger charge is -2.61. The van der Waals surface area contributed by atoms with E-state index in [2.05, 4.69) is 75.2 Å². The third kappa shape index (κ3) is 6.79. The Kier molecular flexibility index (Phi) is 10.5. The molecule has 5 fully saturated rings. The number of hydrogen-bond donors (Lipinski definition) is 4. The van der Waals surface area contributed by atoms with Gasteiger partial charge in [0.05, 0.1) is 49.2 Å². The van der Waals surface area contributed by atoms with Crippen LogP contribution in [0.5, 0.6) is 0 Å². The van der Waals surface area contributed by atoms with Crippen molar-refractivity contribution in [3.8, 4) is 33.5 Å². The van der Waals surface area contributed by atoms with Gasteiger partial charge < -0.3 is 39.9 Å². The summed E-state index contributed by atoms with van der Waals surface area (Å²) in [6.45, 7) is 7.76. The molecular formula is C52H60N8O6. The van der Waals surface area contributed by atoms with Gasteiger partial charge in [-0.3, -0.25) is 9.59 Å². The van der Waals surface area contributed by atoms with E-state index in [1.165, 1.54) is 54.9 Å². The molecule has 5 aromatic rings. The molecule has 3 aromatic carbocycles. The van der Waals surface area contributed by atoms with Crippen LogP contribution in [0, 0.1) is 29.6 Å². The minimum Gasteiger partial charge on any atom is -0.453 e. The van der Waals surface area contributed by atoms with E-state index in [4.69, 9.17) is 19.4 Å². The van der Waals surface area contributed by atoms with E-state index in [9.17, 15) is 19.2 Å². The molecule has 10 atom stereocenters. The average Bonchev–Trinajstić information content (AvgIpc) is 4.15. The van der Waals surface area contributed by atoms with Crippen molar-refractivity contribution in [1.29, 1.82) is 0 Å². The molecule has 2 saturated heterocycles. The van der Waals surface area contributed by atoms with Gasteiger partial charge in [-0.2, -0.15) is 0 Å². The Labute approximate surface area is 385 Å². The lowest BCUT2D eigenvalue weighted by Crippen LogP contribution is -2.69. The first kappa shape index (κ1) is 42.5. The van der Waals surface area contributed by atoms with Crippen LogP contribution in [0.25, 0.3) is 44.5 Å². The van der Waals surface area contributed by atoms with Crippen molar-refractivity contribution in [3.63, 3.8) is 0 Å². The second-order valence-corrected chi connectivity index (χ2v) is 20.4. The molecule has 344 valence electrons. The van der Waals surface area contributed by atoms with Crippen LogP contribution in [0.1, 0.15) is 113 Å². The number of nitrogens with zero attached hydrogens (tertiary/aromatic N) is 4. The zero-order valence-electron chi connectivity index (χ0n) is 38.6. The number of methoxy groups -OCH3 is 2. The molecule has 0 spiro atoms. The van der Waals surface area contributed by atoms with Crippen LogP contribution < -0.4 is 10.6 Å². The fourth-order valence-corrected chi connectivity index (χ4v) is 12.6. The van der Waals surface area contributed by atoms with Gasteiger partial charge >= 0.3 is 12.2 Å². The first-order valence-electron chi connectivity index (χ1n) is 24.1. The first-order chi connectivity index (χ1) is 31.9. The number of likely N-dealkylation sites (tertiary alicyclic amines) is 2. The van der Waals surface area contributed by atoms with Gasteiger partial charge in [-0.05, 0) is 132 Å². The summed E-state index contributed by atoms with van der Waals surface area (Å²) < 4.78 is 9.71. The Morgan fingerprint density at radius 2 is 1.36 bits per heavy atom. The van der Waals surface area contributed by atoms with Crippen LogP contribution in [-0.4, -0.2) is 92.1 Å². The van der Waals surface area contributed by atoms with E-state index in [0.29, 0.717) is 23.7 Å². The molecule has 4 heterocycles. The van der Waals surface area contributed by atoms with E-state index in [0.717, 1.165) is 78.0 Å². The van der Waals surface area contributed by atoms with Crippen LogP contribution in [0.4, 0.5) is 9.59 Å². The van der Waals surface area contributed by atoms with Crippen molar-refractivity contribution >= 4 is 35.0 Å². The number of H-pyrrole nitrogens is 2. The summed E-state index contributed by atoms with van der Waals surface area (Å²) in [6.07, 6.45) is 9.17. The number of benzene rings is 3. The number of imidazole rings is 2. The molecule has 14 heteroatoms. The highest BCUT2D eigenvalue weighted by Gasteiger charge is 2.59. The molecule has 2 aliphatic heterocycles. The number of aromatic amines is 2. The standard InChI is InChI=1S/C52H60N8O6/c1-25(2)43(57-51(63)65-5)49(61)59-32-14-11-31(21-32)45(59)47-53-24-40(56-47)28-9-7-27(8-10-28)34-17-16-33(37-22-29-12-15-35(29)42(34)37)30-13-19-38-39(23-30)55-48(54-38)46-36-18-20-41(36)60(46)50(62)44(26(3)4)58-52(64)66-6/h7-10,13,16-17,19,23-26,29,31-32,35-36,41,43-46H,11-12,14-15,18,20-22H2,1-6H3,(H,53,56)(H,54,55)(H,57,63)(H,58,64)/t29?,31-,32+,35?,36?,41+,43-,44-,45-,46-/m0/s1. The zero-order valence-corrected chi connectivity index (χ0v) is 38.6. The highest BCUT2D eigenvalue weighted by atomic mass is 16.5. The normalized spacial score (nSPS) is 26.5. The summed E-state index contributed by atoms with van der Waals surface area (Å²) in [4.78, 5) is 73.5. The van der Waals surface area contributed by atoms with Crippen LogP contribution in [0.15, 0.2) is 60.8 Å². The summed E-state index contributed by atoms with van der Waals surface area (Å²) in [5, 5.41) is 5.56. The molecule has 4 aliphatic carbocycles. The molecule has 11 rings (SSSR count). The number of alkyl carbamates (subject to hydrolysis) is 2. The maximum atomic E-state index is 14.1. The number of hydrogen-bond acceptors (Lipinski definition) is 8. The third-order valence-electron chi connectivity index (χ3n) is 16.3. The number of amides is 4. The van der Waals surface area contributed by atoms with Gasteiger partial charge in [0.2, 0.25) is 11.8 Å². The molecule has 6 aliphatic rings. The van der Waals surface area contributed by atoms with Crippen molar-refractivity contribution in [3.05, 3.63) is 83.6 Å². The van der Waals surface area contributed by atoms with E-state index in [1.54, 1.807) is 0 Å². The Morgan fingerprint density at radius 1 is 0.697 bits per heavy atom. The summed E-state index contributed by atoms with van der Waals surface area (Å²) >= 11 is 0. The van der Waals surface area contributed by atoms with E-state index >= 15 is 0 Å². The van der Waals surface area contributed by atoms with Gasteiger partial charge in [-0.15, -0.1) is 0 Å². The van der Waals surface area contributed by atoms with Crippen molar-refractivity contribution in [2.24, 2.45) is 29.6 Å². The second-order valence-electron chi connectivity index (χ2n) is 20.4. The van der Waals surface area contributed by atoms with Gasteiger partial charge in [0.25, 0.3) is 0 Å². The highest BCUT2D eigenvalue weighted by Crippen LogP contribution is 2.57. The SMILES string of the molecule is COC(=O)N[C@H](C(=O)N1[C@@H]2CCC2[C@H]1c1nc2ccc(-c3ccc(-c4ccc(-c5cnc([C@@H]6[C@H]7CC[C@H](C7)N6C(=O)[C@@H](NC(=O)OC)C(C)C)[nH]5)cc4)c4c3CC3CCC43)cc2[nH]1)C(C)C. The number of aromatic nitrogens is 4. The number of rotatable bonds is 11. The zero-order chi connectivity index (χ0) is 45.7. The van der Waals surface area contributed by atoms with Gasteiger partial charge in [0, 0.05) is 18.0 Å². The second kappa shape index (κ2) is 16.3. The number of ether oxygens (including phenoxy) is 2. The number of carbonyl (C=O) groups is 4. The fourth-order valence-electron chi connectivity index (χ4n) is 12.6. The molecule has 2 aromatic heterocycles. The lowest BCUT2D eigenvalue weighted by molar-refractivity contribution is -0.174. The Hall–Kier alpha value is -6.18. The summed E-state index contributed by atoms with van der Waals surface area (Å²) in [5.74, 6) is 3.13. The monoisotopic (exact) mass is 892 g/mol. The van der Waals surface area contributed by atoms with E-state index in [-0.39, 0.29) is 47.8 Å². The van der Waals surface area contributed by atoms with Gasteiger partial charge in [0.15, 0.2) is 0 Å². The van der Waals surface area contributed by atoms with Gasteiger partial charge in [-0.1, -0.05) is 70.2 Å². The number of fused-ring (bicyclic) bond motifs is 7. The molecule has 3 saturated carbocycles. The summed E-state index contributed by atoms with van der Waals surface area (Å²) in [7, 11) is 2.64. The quantitative estimate of drug-likeness (QED) is 0.102. The fraction of sp³-hybridized carbons (Fsp3) is 0.500. The van der Waals surface area contributed by atoms with Crippen LogP contribution in [0.3, 0.4) is 0 Å². The molecule has 4 amide bonds. The molecule has 4 N–H and O–H groups in total. The minimum atomic E-state index is -0.678. The summed E-state index contributed by atoms with van der Waals surface area (Å²) in [6, 6.07) is 18.5. The van der Waals surface area contributed by atoms with Crippen molar-refractivity contribution < 1.29 is 28.7 Å².